The number of hydrogen-bond donors (Lipinski definition) is 1. The van der Waals surface area contributed by atoms with Crippen LogP contribution in [0.3, 0.4) is 0 Å². The molecule has 0 unspecified atom stereocenters. The molecule has 1 aromatic rings. The van der Waals surface area contributed by atoms with Crippen LogP contribution in [0.1, 0.15) is 19.5 Å². The second kappa shape index (κ2) is 2.62. The molecule has 0 aliphatic heterocycles. The average molecular weight is 155 g/mol. The van der Waals surface area contributed by atoms with Gasteiger partial charge in [-0.2, -0.15) is 0 Å². The van der Waals surface area contributed by atoms with Crippen LogP contribution < -0.4 is 0 Å². The molecule has 0 radical (unpaired) electrons. The van der Waals surface area contributed by atoms with Gasteiger partial charge >= 0.3 is 0 Å². The second-order valence-electron chi connectivity index (χ2n) is 3.28. The summed E-state index contributed by atoms with van der Waals surface area (Å²) in [5, 5.41) is 16.5. The summed E-state index contributed by atoms with van der Waals surface area (Å²) < 4.78 is 1.68. The Balaban J connectivity index is 3.00. The van der Waals surface area contributed by atoms with Crippen molar-refractivity contribution in [2.45, 2.75) is 19.3 Å². The number of nitrogens with zero attached hydrogens (tertiary/aromatic N) is 3. The lowest BCUT2D eigenvalue weighted by Gasteiger charge is -2.20. The lowest BCUT2D eigenvalue weighted by molar-refractivity contribution is 0.211. The minimum Gasteiger partial charge on any atom is -0.395 e. The van der Waals surface area contributed by atoms with Gasteiger partial charge in [-0.3, -0.25) is 4.68 Å². The summed E-state index contributed by atoms with van der Waals surface area (Å²) in [6.45, 7) is 4.01. The van der Waals surface area contributed by atoms with Gasteiger partial charge in [-0.05, 0) is 0 Å². The number of aliphatic hydroxyl groups is 1. The van der Waals surface area contributed by atoms with E-state index in [-0.39, 0.29) is 12.0 Å². The van der Waals surface area contributed by atoms with Crippen LogP contribution >= 0.6 is 0 Å². The molecule has 0 saturated heterocycles. The van der Waals surface area contributed by atoms with Crippen molar-refractivity contribution in [3.05, 3.63) is 11.9 Å². The van der Waals surface area contributed by atoms with Crippen LogP contribution in [0, 0.1) is 0 Å². The van der Waals surface area contributed by atoms with E-state index in [1.807, 2.05) is 20.9 Å². The molecule has 4 nitrogen and oxygen atoms in total. The Labute approximate surface area is 65.8 Å². The molecule has 0 aliphatic rings. The van der Waals surface area contributed by atoms with Crippen molar-refractivity contribution in [3.8, 4) is 0 Å². The predicted octanol–water partition coefficient (Wildman–Crippen LogP) is 0.0850. The van der Waals surface area contributed by atoms with Gasteiger partial charge in [0.2, 0.25) is 0 Å². The van der Waals surface area contributed by atoms with Crippen molar-refractivity contribution >= 4 is 0 Å². The van der Waals surface area contributed by atoms with Crippen molar-refractivity contribution in [2.75, 3.05) is 6.61 Å². The average Bonchev–Trinajstić information content (AvgIpc) is 2.36. The number of hydrogen-bond acceptors (Lipinski definition) is 3. The molecule has 0 aliphatic carbocycles. The van der Waals surface area contributed by atoms with Crippen LogP contribution in [-0.4, -0.2) is 26.7 Å². The Hall–Kier alpha value is -0.900. The number of aromatic nitrogens is 3. The zero-order valence-corrected chi connectivity index (χ0v) is 7.07. The summed E-state index contributed by atoms with van der Waals surface area (Å²) in [4.78, 5) is 0. The Bertz CT molecular complexity index is 242. The molecule has 0 aromatic carbocycles. The van der Waals surface area contributed by atoms with Crippen LogP contribution in [0.15, 0.2) is 6.20 Å². The molecule has 0 fully saturated rings. The molecule has 62 valence electrons. The highest BCUT2D eigenvalue weighted by Crippen LogP contribution is 2.19. The molecular formula is C7H13N3O. The van der Waals surface area contributed by atoms with Gasteiger partial charge in [-0.25, -0.2) is 0 Å². The molecule has 1 rings (SSSR count). The highest BCUT2D eigenvalue weighted by Gasteiger charge is 2.22. The van der Waals surface area contributed by atoms with E-state index >= 15 is 0 Å². The van der Waals surface area contributed by atoms with Gasteiger partial charge in [0.1, 0.15) is 0 Å². The first kappa shape index (κ1) is 8.20. The zero-order valence-electron chi connectivity index (χ0n) is 7.07. The van der Waals surface area contributed by atoms with Crippen molar-refractivity contribution in [1.29, 1.82) is 0 Å². The molecule has 1 heterocycles. The second-order valence-corrected chi connectivity index (χ2v) is 3.28. The largest absolute Gasteiger partial charge is 0.395 e. The number of aliphatic hydroxyl groups excluding tert-OH is 1. The Morgan fingerprint density at radius 1 is 1.64 bits per heavy atom. The lowest BCUT2D eigenvalue weighted by Crippen LogP contribution is -2.25. The smallest absolute Gasteiger partial charge is 0.0731 e. The SMILES string of the molecule is Cn1nncc1C(C)(C)CO. The maximum Gasteiger partial charge on any atom is 0.0731 e. The number of rotatable bonds is 2. The number of aryl methyl sites for hydroxylation is 1. The monoisotopic (exact) mass is 155 g/mol. The summed E-state index contributed by atoms with van der Waals surface area (Å²) >= 11 is 0. The summed E-state index contributed by atoms with van der Waals surface area (Å²) in [7, 11) is 1.82. The van der Waals surface area contributed by atoms with E-state index in [2.05, 4.69) is 10.3 Å². The van der Waals surface area contributed by atoms with Crippen molar-refractivity contribution < 1.29 is 5.11 Å². The van der Waals surface area contributed by atoms with E-state index in [4.69, 9.17) is 5.11 Å². The molecule has 1 aromatic heterocycles. The van der Waals surface area contributed by atoms with E-state index in [9.17, 15) is 0 Å². The molecule has 0 atom stereocenters. The maximum atomic E-state index is 9.02. The first-order valence-electron chi connectivity index (χ1n) is 3.54. The van der Waals surface area contributed by atoms with Crippen molar-refractivity contribution in [3.63, 3.8) is 0 Å². The topological polar surface area (TPSA) is 50.9 Å². The maximum absolute atomic E-state index is 9.02. The Morgan fingerprint density at radius 2 is 2.27 bits per heavy atom. The molecule has 0 saturated carbocycles. The van der Waals surface area contributed by atoms with Gasteiger partial charge < -0.3 is 5.11 Å². The fourth-order valence-corrected chi connectivity index (χ4v) is 0.983. The first-order valence-corrected chi connectivity index (χ1v) is 3.54. The minimum atomic E-state index is -0.252. The summed E-state index contributed by atoms with van der Waals surface area (Å²) in [6.07, 6.45) is 1.68. The highest BCUT2D eigenvalue weighted by atomic mass is 16.3. The summed E-state index contributed by atoms with van der Waals surface area (Å²) in [6, 6.07) is 0. The fraction of sp³-hybridized carbons (Fsp3) is 0.714. The standard InChI is InChI=1S/C7H13N3O/c1-7(2,5-11)6-4-8-9-10(6)3/h4,11H,5H2,1-3H3. The lowest BCUT2D eigenvalue weighted by atomic mass is 9.91. The van der Waals surface area contributed by atoms with Gasteiger partial charge in [0, 0.05) is 12.5 Å². The Kier molecular flexibility index (Phi) is 1.95. The van der Waals surface area contributed by atoms with Gasteiger partial charge in [-0.1, -0.05) is 19.1 Å². The molecule has 4 heteroatoms. The molecule has 1 N–H and O–H groups in total. The van der Waals surface area contributed by atoms with E-state index in [1.54, 1.807) is 10.9 Å². The van der Waals surface area contributed by atoms with Crippen LogP contribution in [0.4, 0.5) is 0 Å². The van der Waals surface area contributed by atoms with E-state index < -0.39 is 0 Å². The predicted molar refractivity (Wildman–Crippen MR) is 41.1 cm³/mol. The van der Waals surface area contributed by atoms with Gasteiger partial charge in [0.25, 0.3) is 0 Å². The van der Waals surface area contributed by atoms with Crippen LogP contribution in [0.25, 0.3) is 0 Å². The van der Waals surface area contributed by atoms with Gasteiger partial charge in [0.05, 0.1) is 18.5 Å². The van der Waals surface area contributed by atoms with E-state index in [0.29, 0.717) is 0 Å². The first-order chi connectivity index (χ1) is 5.08. The minimum absolute atomic E-state index is 0.105. The Morgan fingerprint density at radius 3 is 2.64 bits per heavy atom. The van der Waals surface area contributed by atoms with Gasteiger partial charge in [-0.15, -0.1) is 5.10 Å². The van der Waals surface area contributed by atoms with E-state index in [0.717, 1.165) is 5.69 Å². The third-order valence-corrected chi connectivity index (χ3v) is 1.80. The van der Waals surface area contributed by atoms with Gasteiger partial charge in [0.15, 0.2) is 0 Å². The zero-order chi connectivity index (χ0) is 8.48. The van der Waals surface area contributed by atoms with E-state index in [1.165, 1.54) is 0 Å². The molecule has 0 bridgehead atoms. The highest BCUT2D eigenvalue weighted by molar-refractivity contribution is 5.09. The van der Waals surface area contributed by atoms with Crippen LogP contribution in [-0.2, 0) is 12.5 Å². The van der Waals surface area contributed by atoms with Crippen molar-refractivity contribution in [1.82, 2.24) is 15.0 Å². The molecule has 11 heavy (non-hydrogen) atoms. The summed E-state index contributed by atoms with van der Waals surface area (Å²) in [5.41, 5.74) is 0.693. The summed E-state index contributed by atoms with van der Waals surface area (Å²) in [5.74, 6) is 0. The third-order valence-electron chi connectivity index (χ3n) is 1.80. The quantitative estimate of drug-likeness (QED) is 0.658. The van der Waals surface area contributed by atoms with Crippen molar-refractivity contribution in [2.24, 2.45) is 7.05 Å². The molecule has 0 spiro atoms. The fourth-order valence-electron chi connectivity index (χ4n) is 0.983. The molecule has 0 amide bonds. The third kappa shape index (κ3) is 1.40. The van der Waals surface area contributed by atoms with Crippen LogP contribution in [0.5, 0.6) is 0 Å². The normalized spacial score (nSPS) is 12.0. The van der Waals surface area contributed by atoms with Crippen LogP contribution in [0.2, 0.25) is 0 Å². The molecular weight excluding hydrogens is 142 g/mol.